The zero-order valence-electron chi connectivity index (χ0n) is 16.7. The van der Waals surface area contributed by atoms with E-state index in [0.29, 0.717) is 35.9 Å². The Balaban J connectivity index is 1.49. The number of carbonyl (C=O) groups is 1. The standard InChI is InChI=1S/C22H26O8/c1-27-21-11-18(7-9-20(21)25)30-28-13-14-2-4-15(5-3-14)22(29-26)16-6-8-19(24)17(10-16)12-23/h6-12,14-15,22,24-26H,2-5,13H2,1H3. The molecular weight excluding hydrogens is 392 g/mol. The van der Waals surface area contributed by atoms with E-state index in [4.69, 9.17) is 19.4 Å². The Bertz CT molecular complexity index is 845. The predicted molar refractivity (Wildman–Crippen MR) is 107 cm³/mol. The van der Waals surface area contributed by atoms with Gasteiger partial charge in [-0.1, -0.05) is 6.07 Å². The average molecular weight is 418 g/mol. The highest BCUT2D eigenvalue weighted by atomic mass is 17.2. The maximum atomic E-state index is 11.1. The molecule has 0 aliphatic heterocycles. The Morgan fingerprint density at radius 2 is 1.80 bits per heavy atom. The molecule has 162 valence electrons. The molecule has 0 aromatic heterocycles. The topological polar surface area (TPSA) is 115 Å². The molecule has 1 atom stereocenters. The summed E-state index contributed by atoms with van der Waals surface area (Å²) in [6.07, 6.45) is 3.36. The number of carbonyl (C=O) groups excluding carboxylic acids is 1. The molecule has 8 nitrogen and oxygen atoms in total. The summed E-state index contributed by atoms with van der Waals surface area (Å²) in [5.41, 5.74) is 0.821. The van der Waals surface area contributed by atoms with Crippen molar-refractivity contribution in [3.05, 3.63) is 47.5 Å². The first-order chi connectivity index (χ1) is 14.5. The van der Waals surface area contributed by atoms with Crippen LogP contribution in [-0.4, -0.2) is 35.5 Å². The number of aromatic hydroxyl groups is 2. The van der Waals surface area contributed by atoms with Gasteiger partial charge in [0.25, 0.3) is 0 Å². The van der Waals surface area contributed by atoms with Gasteiger partial charge in [0.05, 0.1) is 19.3 Å². The number of rotatable bonds is 9. The normalized spacial score (nSPS) is 19.8. The number of phenolic OH excluding ortho intramolecular Hbond substituents is 2. The zero-order chi connectivity index (χ0) is 21.5. The fourth-order valence-corrected chi connectivity index (χ4v) is 3.83. The van der Waals surface area contributed by atoms with Crippen LogP contribution in [0.5, 0.6) is 23.0 Å². The largest absolute Gasteiger partial charge is 0.507 e. The Morgan fingerprint density at radius 3 is 2.47 bits per heavy atom. The van der Waals surface area contributed by atoms with Gasteiger partial charge in [0.1, 0.15) is 11.9 Å². The van der Waals surface area contributed by atoms with Crippen LogP contribution in [-0.2, 0) is 9.78 Å². The van der Waals surface area contributed by atoms with Crippen molar-refractivity contribution in [1.82, 2.24) is 0 Å². The smallest absolute Gasteiger partial charge is 0.169 e. The second-order valence-corrected chi connectivity index (χ2v) is 7.44. The predicted octanol–water partition coefficient (Wildman–Crippen LogP) is 4.27. The quantitative estimate of drug-likeness (QED) is 0.314. The van der Waals surface area contributed by atoms with Gasteiger partial charge in [-0.3, -0.25) is 10.1 Å². The van der Waals surface area contributed by atoms with Crippen molar-refractivity contribution in [3.63, 3.8) is 0 Å². The lowest BCUT2D eigenvalue weighted by atomic mass is 9.78. The summed E-state index contributed by atoms with van der Waals surface area (Å²) >= 11 is 0. The van der Waals surface area contributed by atoms with Crippen molar-refractivity contribution in [3.8, 4) is 23.0 Å². The molecule has 1 aliphatic rings. The summed E-state index contributed by atoms with van der Waals surface area (Å²) in [7, 11) is 1.46. The molecule has 2 aromatic rings. The summed E-state index contributed by atoms with van der Waals surface area (Å²) in [4.78, 5) is 26.5. The molecule has 1 saturated carbocycles. The number of benzene rings is 2. The maximum Gasteiger partial charge on any atom is 0.169 e. The first-order valence-corrected chi connectivity index (χ1v) is 9.80. The number of hydrogen-bond acceptors (Lipinski definition) is 8. The number of hydrogen-bond donors (Lipinski definition) is 3. The van der Waals surface area contributed by atoms with Crippen molar-refractivity contribution in [1.29, 1.82) is 0 Å². The molecule has 0 heterocycles. The van der Waals surface area contributed by atoms with E-state index in [0.717, 1.165) is 25.7 Å². The fraction of sp³-hybridized carbons (Fsp3) is 0.409. The van der Waals surface area contributed by atoms with Gasteiger partial charge in [0.2, 0.25) is 0 Å². The van der Waals surface area contributed by atoms with E-state index in [9.17, 15) is 20.3 Å². The van der Waals surface area contributed by atoms with Gasteiger partial charge in [0, 0.05) is 6.07 Å². The number of aldehydes is 1. The summed E-state index contributed by atoms with van der Waals surface area (Å²) in [6.45, 7) is 0.412. The van der Waals surface area contributed by atoms with E-state index in [1.165, 1.54) is 25.3 Å². The highest BCUT2D eigenvalue weighted by Crippen LogP contribution is 2.39. The van der Waals surface area contributed by atoms with Crippen LogP contribution in [0.25, 0.3) is 0 Å². The third-order valence-electron chi connectivity index (χ3n) is 5.55. The Kier molecular flexibility index (Phi) is 7.51. The second kappa shape index (κ2) is 10.3. The van der Waals surface area contributed by atoms with Gasteiger partial charge in [-0.15, -0.1) is 0 Å². The molecule has 3 N–H and O–H groups in total. The molecule has 0 amide bonds. The van der Waals surface area contributed by atoms with E-state index < -0.39 is 6.10 Å². The molecule has 0 bridgehead atoms. The minimum atomic E-state index is -0.563. The molecule has 30 heavy (non-hydrogen) atoms. The van der Waals surface area contributed by atoms with E-state index in [1.807, 2.05) is 0 Å². The van der Waals surface area contributed by atoms with Gasteiger partial charge in [-0.05, 0) is 67.3 Å². The van der Waals surface area contributed by atoms with Crippen LogP contribution >= 0.6 is 0 Å². The fourth-order valence-electron chi connectivity index (χ4n) is 3.83. The van der Waals surface area contributed by atoms with E-state index in [-0.39, 0.29) is 23.0 Å². The van der Waals surface area contributed by atoms with Crippen LogP contribution < -0.4 is 9.62 Å². The van der Waals surface area contributed by atoms with Gasteiger partial charge in [-0.2, -0.15) is 4.89 Å². The van der Waals surface area contributed by atoms with Crippen LogP contribution in [0.15, 0.2) is 36.4 Å². The maximum absolute atomic E-state index is 11.1. The summed E-state index contributed by atoms with van der Waals surface area (Å²) in [5.74, 6) is 1.04. The van der Waals surface area contributed by atoms with Gasteiger partial charge < -0.3 is 19.8 Å². The van der Waals surface area contributed by atoms with Crippen molar-refractivity contribution in [2.24, 2.45) is 11.8 Å². The second-order valence-electron chi connectivity index (χ2n) is 7.44. The lowest BCUT2D eigenvalue weighted by molar-refractivity contribution is -0.296. The lowest BCUT2D eigenvalue weighted by Crippen LogP contribution is -2.24. The first-order valence-electron chi connectivity index (χ1n) is 9.80. The van der Waals surface area contributed by atoms with Crippen molar-refractivity contribution in [2.75, 3.05) is 13.7 Å². The molecule has 2 aromatic carbocycles. The number of methoxy groups -OCH3 is 1. The van der Waals surface area contributed by atoms with Crippen LogP contribution in [0.4, 0.5) is 0 Å². The van der Waals surface area contributed by atoms with Gasteiger partial charge in [-0.25, -0.2) is 4.89 Å². The third kappa shape index (κ3) is 5.21. The molecule has 3 rings (SSSR count). The van der Waals surface area contributed by atoms with Crippen LogP contribution in [0.1, 0.15) is 47.7 Å². The highest BCUT2D eigenvalue weighted by molar-refractivity contribution is 5.79. The number of phenols is 2. The van der Waals surface area contributed by atoms with Crippen molar-refractivity contribution in [2.45, 2.75) is 31.8 Å². The molecule has 0 radical (unpaired) electrons. The summed E-state index contributed by atoms with van der Waals surface area (Å²) in [6, 6.07) is 9.22. The molecule has 1 aliphatic carbocycles. The highest BCUT2D eigenvalue weighted by Gasteiger charge is 2.30. The minimum absolute atomic E-state index is 0.0257. The van der Waals surface area contributed by atoms with Crippen LogP contribution in [0.2, 0.25) is 0 Å². The van der Waals surface area contributed by atoms with Crippen LogP contribution in [0.3, 0.4) is 0 Å². The van der Waals surface area contributed by atoms with E-state index in [2.05, 4.69) is 0 Å². The molecule has 0 saturated heterocycles. The first kappa shape index (κ1) is 21.9. The van der Waals surface area contributed by atoms with Crippen molar-refractivity contribution >= 4 is 6.29 Å². The molecule has 1 unspecified atom stereocenters. The zero-order valence-corrected chi connectivity index (χ0v) is 16.7. The van der Waals surface area contributed by atoms with Crippen LogP contribution in [0, 0.1) is 11.8 Å². The number of ether oxygens (including phenoxy) is 1. The minimum Gasteiger partial charge on any atom is -0.507 e. The third-order valence-corrected chi connectivity index (χ3v) is 5.55. The molecule has 1 fully saturated rings. The Morgan fingerprint density at radius 1 is 1.07 bits per heavy atom. The Labute approximate surface area is 174 Å². The Hall–Kier alpha value is -2.81. The summed E-state index contributed by atoms with van der Waals surface area (Å²) < 4.78 is 5.03. The molecule has 8 heteroatoms. The summed E-state index contributed by atoms with van der Waals surface area (Å²) in [5, 5.41) is 28.7. The lowest BCUT2D eigenvalue weighted by Gasteiger charge is -2.32. The van der Waals surface area contributed by atoms with Crippen molar-refractivity contribution < 1.29 is 39.7 Å². The monoisotopic (exact) mass is 418 g/mol. The average Bonchev–Trinajstić information content (AvgIpc) is 2.77. The molecular formula is C22H26O8. The van der Waals surface area contributed by atoms with Gasteiger partial charge in [0.15, 0.2) is 23.5 Å². The van der Waals surface area contributed by atoms with E-state index in [1.54, 1.807) is 18.2 Å². The van der Waals surface area contributed by atoms with E-state index >= 15 is 0 Å². The molecule has 0 spiro atoms. The van der Waals surface area contributed by atoms with Gasteiger partial charge >= 0.3 is 0 Å². The SMILES string of the molecule is COc1cc(OOCC2CCC(C(OO)c3ccc(O)c(C=O)c3)CC2)ccc1O.